The van der Waals surface area contributed by atoms with Gasteiger partial charge in [0.05, 0.1) is 36.7 Å². The van der Waals surface area contributed by atoms with Crippen molar-refractivity contribution in [3.8, 4) is 0 Å². The van der Waals surface area contributed by atoms with E-state index in [1.807, 2.05) is 22.9 Å². The largest absolute Gasteiger partial charge is 0.467 e. The highest BCUT2D eigenvalue weighted by atomic mass is 32.1. The summed E-state index contributed by atoms with van der Waals surface area (Å²) in [6, 6.07) is 4.95. The highest BCUT2D eigenvalue weighted by Gasteiger charge is 2.43. The van der Waals surface area contributed by atoms with Gasteiger partial charge in [-0.25, -0.2) is 4.79 Å². The number of thiophene rings is 1. The summed E-state index contributed by atoms with van der Waals surface area (Å²) in [4.78, 5) is 28.9. The Morgan fingerprint density at radius 3 is 2.96 bits per heavy atom. The molecule has 3 amide bonds. The predicted octanol–water partition coefficient (Wildman–Crippen LogP) is 2.89. The normalized spacial score (nSPS) is 20.1. The SMILES string of the molecule is C=CCN1C(=O)NC(c2ccsc2)C2=C1CN(Cc1ccco1)C2=O. The zero-order valence-electron chi connectivity index (χ0n) is 13.5. The molecule has 0 bridgehead atoms. The first kappa shape index (κ1) is 15.7. The van der Waals surface area contributed by atoms with E-state index in [-0.39, 0.29) is 11.9 Å². The highest BCUT2D eigenvalue weighted by Crippen LogP contribution is 2.37. The molecule has 7 heteroatoms. The van der Waals surface area contributed by atoms with Crippen LogP contribution in [0.1, 0.15) is 17.4 Å². The van der Waals surface area contributed by atoms with Gasteiger partial charge in [0.1, 0.15) is 5.76 Å². The van der Waals surface area contributed by atoms with Crippen molar-refractivity contribution in [2.24, 2.45) is 0 Å². The van der Waals surface area contributed by atoms with Crippen molar-refractivity contribution in [1.29, 1.82) is 0 Å². The summed E-state index contributed by atoms with van der Waals surface area (Å²) in [6.45, 7) is 4.84. The molecule has 25 heavy (non-hydrogen) atoms. The number of hydrogen-bond donors (Lipinski definition) is 1. The Balaban J connectivity index is 1.71. The predicted molar refractivity (Wildman–Crippen MR) is 93.6 cm³/mol. The lowest BCUT2D eigenvalue weighted by molar-refractivity contribution is -0.126. The minimum atomic E-state index is -0.413. The van der Waals surface area contributed by atoms with Crippen LogP contribution >= 0.6 is 11.3 Å². The van der Waals surface area contributed by atoms with E-state index >= 15 is 0 Å². The summed E-state index contributed by atoms with van der Waals surface area (Å²) in [6.07, 6.45) is 3.25. The van der Waals surface area contributed by atoms with Gasteiger partial charge < -0.3 is 14.6 Å². The smallest absolute Gasteiger partial charge is 0.322 e. The lowest BCUT2D eigenvalue weighted by Crippen LogP contribution is -2.47. The Bertz CT molecular complexity index is 839. The summed E-state index contributed by atoms with van der Waals surface area (Å²) in [5, 5.41) is 6.85. The van der Waals surface area contributed by atoms with Gasteiger partial charge in [-0.2, -0.15) is 11.3 Å². The van der Waals surface area contributed by atoms with Crippen LogP contribution in [0, 0.1) is 0 Å². The highest BCUT2D eigenvalue weighted by molar-refractivity contribution is 7.08. The topological polar surface area (TPSA) is 65.8 Å². The summed E-state index contributed by atoms with van der Waals surface area (Å²) in [5.41, 5.74) is 2.31. The maximum Gasteiger partial charge on any atom is 0.322 e. The lowest BCUT2D eigenvalue weighted by atomic mass is 9.98. The van der Waals surface area contributed by atoms with Gasteiger partial charge in [-0.15, -0.1) is 6.58 Å². The third kappa shape index (κ3) is 2.66. The van der Waals surface area contributed by atoms with Gasteiger partial charge in [0, 0.05) is 6.54 Å². The van der Waals surface area contributed by atoms with Crippen molar-refractivity contribution in [3.05, 3.63) is 70.5 Å². The first-order valence-corrected chi connectivity index (χ1v) is 8.89. The molecule has 2 aromatic heterocycles. The summed E-state index contributed by atoms with van der Waals surface area (Å²) < 4.78 is 5.37. The minimum absolute atomic E-state index is 0.0725. The average Bonchev–Trinajstić information content (AvgIpc) is 3.33. The second-order valence-corrected chi connectivity index (χ2v) is 6.72. The molecule has 0 aromatic carbocycles. The number of urea groups is 1. The van der Waals surface area contributed by atoms with Crippen LogP contribution in [0.5, 0.6) is 0 Å². The van der Waals surface area contributed by atoms with Crippen molar-refractivity contribution in [3.63, 3.8) is 0 Å². The van der Waals surface area contributed by atoms with Gasteiger partial charge in [0.25, 0.3) is 5.91 Å². The number of amides is 3. The van der Waals surface area contributed by atoms with Crippen LogP contribution in [0.15, 0.2) is 63.6 Å². The molecule has 2 aliphatic heterocycles. The molecule has 1 unspecified atom stereocenters. The Morgan fingerprint density at radius 1 is 1.40 bits per heavy atom. The molecule has 6 nitrogen and oxygen atoms in total. The molecule has 128 valence electrons. The number of carbonyl (C=O) groups excluding carboxylic acids is 2. The van der Waals surface area contributed by atoms with E-state index in [0.717, 1.165) is 17.0 Å². The molecule has 4 rings (SSSR count). The third-order valence-electron chi connectivity index (χ3n) is 4.41. The molecule has 0 saturated carbocycles. The standard InChI is InChI=1S/C18H17N3O3S/c1-2-6-21-14-10-20(9-13-4-3-7-24-13)17(22)15(14)16(19-18(21)23)12-5-8-25-11-12/h2-5,7-8,11,16H,1,6,9-10H2,(H,19,23). The maximum atomic E-state index is 13.1. The quantitative estimate of drug-likeness (QED) is 0.839. The molecule has 0 fully saturated rings. The molecule has 0 radical (unpaired) electrons. The van der Waals surface area contributed by atoms with Crippen LogP contribution in [0.4, 0.5) is 4.79 Å². The van der Waals surface area contributed by atoms with E-state index in [0.29, 0.717) is 25.2 Å². The van der Waals surface area contributed by atoms with Crippen LogP contribution in [-0.4, -0.2) is 34.8 Å². The van der Waals surface area contributed by atoms with Crippen molar-refractivity contribution in [1.82, 2.24) is 15.1 Å². The second kappa shape index (κ2) is 6.25. The lowest BCUT2D eigenvalue weighted by Gasteiger charge is -2.32. The fourth-order valence-corrected chi connectivity index (χ4v) is 3.96. The number of furan rings is 1. The molecular weight excluding hydrogens is 338 g/mol. The van der Waals surface area contributed by atoms with Crippen LogP contribution in [0.3, 0.4) is 0 Å². The summed E-state index contributed by atoms with van der Waals surface area (Å²) >= 11 is 1.54. The Hall–Kier alpha value is -2.80. The fourth-order valence-electron chi connectivity index (χ4n) is 3.28. The molecule has 0 aliphatic carbocycles. The van der Waals surface area contributed by atoms with Crippen LogP contribution in [-0.2, 0) is 11.3 Å². The average molecular weight is 355 g/mol. The first-order valence-electron chi connectivity index (χ1n) is 7.94. The number of hydrogen-bond acceptors (Lipinski definition) is 4. The summed E-state index contributed by atoms with van der Waals surface area (Å²) in [5.74, 6) is 0.645. The van der Waals surface area contributed by atoms with E-state index in [2.05, 4.69) is 11.9 Å². The number of rotatable bonds is 5. The first-order chi connectivity index (χ1) is 12.2. The fraction of sp³-hybridized carbons (Fsp3) is 0.222. The van der Waals surface area contributed by atoms with Crippen molar-refractivity contribution in [2.45, 2.75) is 12.6 Å². The molecule has 4 heterocycles. The number of nitrogens with zero attached hydrogens (tertiary/aromatic N) is 2. The third-order valence-corrected chi connectivity index (χ3v) is 5.11. The van der Waals surface area contributed by atoms with Gasteiger partial charge in [-0.05, 0) is 34.5 Å². The maximum absolute atomic E-state index is 13.1. The Kier molecular flexibility index (Phi) is 3.93. The molecule has 1 N–H and O–H groups in total. The van der Waals surface area contributed by atoms with E-state index in [1.165, 1.54) is 0 Å². The molecule has 1 atom stereocenters. The van der Waals surface area contributed by atoms with Gasteiger partial charge in [0.2, 0.25) is 0 Å². The molecule has 2 aliphatic rings. The Labute approximate surface area is 149 Å². The van der Waals surface area contributed by atoms with Crippen LogP contribution in [0.25, 0.3) is 0 Å². The van der Waals surface area contributed by atoms with Gasteiger partial charge in [-0.1, -0.05) is 6.08 Å². The summed E-state index contributed by atoms with van der Waals surface area (Å²) in [7, 11) is 0. The monoisotopic (exact) mass is 355 g/mol. The number of nitrogens with one attached hydrogen (secondary N) is 1. The van der Waals surface area contributed by atoms with E-state index in [4.69, 9.17) is 4.42 Å². The van der Waals surface area contributed by atoms with E-state index in [1.54, 1.807) is 39.5 Å². The van der Waals surface area contributed by atoms with Gasteiger partial charge in [0.15, 0.2) is 0 Å². The van der Waals surface area contributed by atoms with E-state index in [9.17, 15) is 9.59 Å². The Morgan fingerprint density at radius 2 is 2.28 bits per heavy atom. The molecular formula is C18H17N3O3S. The minimum Gasteiger partial charge on any atom is -0.467 e. The van der Waals surface area contributed by atoms with Gasteiger partial charge >= 0.3 is 6.03 Å². The van der Waals surface area contributed by atoms with Crippen LogP contribution in [0.2, 0.25) is 0 Å². The van der Waals surface area contributed by atoms with E-state index < -0.39 is 6.04 Å². The zero-order valence-corrected chi connectivity index (χ0v) is 14.3. The van der Waals surface area contributed by atoms with Gasteiger partial charge in [-0.3, -0.25) is 9.69 Å². The molecule has 0 spiro atoms. The molecule has 0 saturated heterocycles. The van der Waals surface area contributed by atoms with Crippen molar-refractivity contribution >= 4 is 23.3 Å². The molecule has 2 aromatic rings. The van der Waals surface area contributed by atoms with Crippen molar-refractivity contribution < 1.29 is 14.0 Å². The number of carbonyl (C=O) groups is 2. The van der Waals surface area contributed by atoms with Crippen molar-refractivity contribution in [2.75, 3.05) is 13.1 Å². The van der Waals surface area contributed by atoms with Crippen LogP contribution < -0.4 is 5.32 Å². The second-order valence-electron chi connectivity index (χ2n) is 5.94. The zero-order chi connectivity index (χ0) is 17.4.